The third-order valence-corrected chi connectivity index (χ3v) is 3.53. The highest BCUT2D eigenvalue weighted by atomic mass is 16.5. The number of amides is 2. The summed E-state index contributed by atoms with van der Waals surface area (Å²) < 4.78 is 9.81. The van der Waals surface area contributed by atoms with E-state index >= 15 is 0 Å². The monoisotopic (exact) mass is 359 g/mol. The quantitative estimate of drug-likeness (QED) is 0.762. The Labute approximate surface area is 151 Å². The number of nitrogens with one attached hydrogen (secondary N) is 1. The molecule has 0 saturated carbocycles. The Morgan fingerprint density at radius 2 is 1.92 bits per heavy atom. The summed E-state index contributed by atoms with van der Waals surface area (Å²) in [5.41, 5.74) is 0.994. The van der Waals surface area contributed by atoms with Crippen molar-refractivity contribution in [2.24, 2.45) is 0 Å². The lowest BCUT2D eigenvalue weighted by Gasteiger charge is -2.21. The number of carbonyl (C=O) groups is 3. The van der Waals surface area contributed by atoms with Crippen LogP contribution in [0.5, 0.6) is 0 Å². The van der Waals surface area contributed by atoms with Gasteiger partial charge >= 0.3 is 5.97 Å². The van der Waals surface area contributed by atoms with E-state index < -0.39 is 5.97 Å². The minimum Gasteiger partial charge on any atom is -0.462 e. The zero-order valence-corrected chi connectivity index (χ0v) is 14.9. The van der Waals surface area contributed by atoms with Crippen LogP contribution in [0, 0.1) is 6.92 Å². The molecule has 0 unspecified atom stereocenters. The molecule has 26 heavy (non-hydrogen) atoms. The molecule has 0 aliphatic rings. The van der Waals surface area contributed by atoms with E-state index in [1.807, 2.05) is 0 Å². The van der Waals surface area contributed by atoms with Gasteiger partial charge in [0.05, 0.1) is 12.2 Å². The maximum Gasteiger partial charge on any atom is 0.338 e. The van der Waals surface area contributed by atoms with Crippen molar-refractivity contribution in [3.63, 3.8) is 0 Å². The molecule has 2 aromatic rings. The lowest BCUT2D eigenvalue weighted by molar-refractivity contribution is -0.117. The van der Waals surface area contributed by atoms with E-state index in [9.17, 15) is 14.4 Å². The Bertz CT molecular complexity index is 782. The SMILES string of the molecule is CCOC(=O)c1ccc(N(CCC(=O)Nc2cc(C)on2)C(C)=O)cc1. The minimum absolute atomic E-state index is 0.0884. The van der Waals surface area contributed by atoms with Crippen molar-refractivity contribution in [1.29, 1.82) is 0 Å². The summed E-state index contributed by atoms with van der Waals surface area (Å²) in [6.45, 7) is 5.35. The third kappa shape index (κ3) is 5.17. The summed E-state index contributed by atoms with van der Waals surface area (Å²) in [5, 5.41) is 6.29. The van der Waals surface area contributed by atoms with Crippen LogP contribution in [0.3, 0.4) is 0 Å². The first-order valence-electron chi connectivity index (χ1n) is 8.19. The molecule has 0 radical (unpaired) electrons. The van der Waals surface area contributed by atoms with Crippen LogP contribution >= 0.6 is 0 Å². The molecule has 1 aromatic carbocycles. The number of aromatic nitrogens is 1. The number of anilines is 2. The smallest absolute Gasteiger partial charge is 0.338 e. The zero-order valence-electron chi connectivity index (χ0n) is 14.9. The highest BCUT2D eigenvalue weighted by Crippen LogP contribution is 2.17. The molecular formula is C18H21N3O5. The predicted octanol–water partition coefficient (Wildman–Crippen LogP) is 2.54. The number of nitrogens with zero attached hydrogens (tertiary/aromatic N) is 2. The first-order chi connectivity index (χ1) is 12.4. The van der Waals surface area contributed by atoms with Crippen molar-refractivity contribution in [1.82, 2.24) is 5.16 Å². The molecule has 2 amide bonds. The van der Waals surface area contributed by atoms with Crippen molar-refractivity contribution in [3.8, 4) is 0 Å². The Balaban J connectivity index is 1.98. The van der Waals surface area contributed by atoms with Gasteiger partial charge in [0.25, 0.3) is 0 Å². The second-order valence-electron chi connectivity index (χ2n) is 5.56. The summed E-state index contributed by atoms with van der Waals surface area (Å²) in [6.07, 6.45) is 0.0884. The van der Waals surface area contributed by atoms with Crippen LogP contribution in [0.25, 0.3) is 0 Å². The van der Waals surface area contributed by atoms with Crippen molar-refractivity contribution in [2.75, 3.05) is 23.4 Å². The lowest BCUT2D eigenvalue weighted by Crippen LogP contribution is -2.32. The molecule has 0 atom stereocenters. The van der Waals surface area contributed by atoms with Crippen LogP contribution in [0.1, 0.15) is 36.4 Å². The zero-order chi connectivity index (χ0) is 19.1. The number of rotatable bonds is 7. The van der Waals surface area contributed by atoms with Gasteiger partial charge in [-0.05, 0) is 38.1 Å². The van der Waals surface area contributed by atoms with E-state index in [2.05, 4.69) is 10.5 Å². The van der Waals surface area contributed by atoms with Gasteiger partial charge in [0.1, 0.15) is 5.76 Å². The summed E-state index contributed by atoms with van der Waals surface area (Å²) in [7, 11) is 0. The van der Waals surface area contributed by atoms with E-state index in [1.54, 1.807) is 44.2 Å². The number of hydrogen-bond acceptors (Lipinski definition) is 6. The highest BCUT2D eigenvalue weighted by molar-refractivity contribution is 5.95. The molecular weight excluding hydrogens is 338 g/mol. The van der Waals surface area contributed by atoms with Gasteiger partial charge in [-0.3, -0.25) is 9.59 Å². The third-order valence-electron chi connectivity index (χ3n) is 3.53. The van der Waals surface area contributed by atoms with Gasteiger partial charge in [-0.2, -0.15) is 0 Å². The van der Waals surface area contributed by atoms with E-state index in [-0.39, 0.29) is 24.8 Å². The first kappa shape index (κ1) is 19.2. The Kier molecular flexibility index (Phi) is 6.48. The van der Waals surface area contributed by atoms with Gasteiger partial charge in [0, 0.05) is 31.6 Å². The molecule has 0 aliphatic heterocycles. The predicted molar refractivity (Wildman–Crippen MR) is 94.9 cm³/mol. The number of aryl methyl sites for hydroxylation is 1. The Morgan fingerprint density at radius 3 is 2.46 bits per heavy atom. The molecule has 8 nitrogen and oxygen atoms in total. The second-order valence-corrected chi connectivity index (χ2v) is 5.56. The summed E-state index contributed by atoms with van der Waals surface area (Å²) in [5.74, 6) is 0.00961. The van der Waals surface area contributed by atoms with Gasteiger partial charge in [-0.25, -0.2) is 4.79 Å². The van der Waals surface area contributed by atoms with E-state index in [4.69, 9.17) is 9.26 Å². The number of ether oxygens (including phenoxy) is 1. The average Bonchev–Trinajstić information content (AvgIpc) is 3.00. The van der Waals surface area contributed by atoms with Crippen LogP contribution in [0.15, 0.2) is 34.9 Å². The van der Waals surface area contributed by atoms with Gasteiger partial charge in [-0.1, -0.05) is 5.16 Å². The van der Waals surface area contributed by atoms with Crippen molar-refractivity contribution < 1.29 is 23.6 Å². The molecule has 1 heterocycles. The summed E-state index contributed by atoms with van der Waals surface area (Å²) in [6, 6.07) is 8.07. The fraction of sp³-hybridized carbons (Fsp3) is 0.333. The largest absolute Gasteiger partial charge is 0.462 e. The van der Waals surface area contributed by atoms with Gasteiger partial charge < -0.3 is 19.5 Å². The first-order valence-corrected chi connectivity index (χ1v) is 8.19. The number of hydrogen-bond donors (Lipinski definition) is 1. The summed E-state index contributed by atoms with van der Waals surface area (Å²) in [4.78, 5) is 37.1. The van der Waals surface area contributed by atoms with Crippen molar-refractivity contribution >= 4 is 29.3 Å². The van der Waals surface area contributed by atoms with Crippen LogP contribution in [-0.4, -0.2) is 36.1 Å². The fourth-order valence-electron chi connectivity index (χ4n) is 2.30. The standard InChI is InChI=1S/C18H21N3O5/c1-4-25-18(24)14-5-7-15(8-6-14)21(13(3)22)10-9-17(23)19-16-11-12(2)26-20-16/h5-8,11H,4,9-10H2,1-3H3,(H,19,20,23). The van der Waals surface area contributed by atoms with Crippen molar-refractivity contribution in [2.45, 2.75) is 27.2 Å². The minimum atomic E-state index is -0.421. The fourth-order valence-corrected chi connectivity index (χ4v) is 2.30. The molecule has 1 aromatic heterocycles. The normalized spacial score (nSPS) is 10.3. The Hall–Kier alpha value is -3.16. The van der Waals surface area contributed by atoms with Crippen molar-refractivity contribution in [3.05, 3.63) is 41.7 Å². The molecule has 2 rings (SSSR count). The van der Waals surface area contributed by atoms with Crippen LogP contribution in [-0.2, 0) is 14.3 Å². The molecule has 1 N–H and O–H groups in total. The summed E-state index contributed by atoms with van der Waals surface area (Å²) >= 11 is 0. The van der Waals surface area contributed by atoms with Gasteiger partial charge in [-0.15, -0.1) is 0 Å². The van der Waals surface area contributed by atoms with Crippen LogP contribution in [0.2, 0.25) is 0 Å². The number of carbonyl (C=O) groups excluding carboxylic acids is 3. The highest BCUT2D eigenvalue weighted by Gasteiger charge is 2.15. The average molecular weight is 359 g/mol. The van der Waals surface area contributed by atoms with Gasteiger partial charge in [0.15, 0.2) is 5.82 Å². The van der Waals surface area contributed by atoms with Crippen LogP contribution < -0.4 is 10.2 Å². The van der Waals surface area contributed by atoms with E-state index in [0.717, 1.165) is 0 Å². The number of benzene rings is 1. The Morgan fingerprint density at radius 1 is 1.23 bits per heavy atom. The molecule has 0 spiro atoms. The number of esters is 1. The molecule has 0 bridgehead atoms. The van der Waals surface area contributed by atoms with Crippen LogP contribution in [0.4, 0.5) is 11.5 Å². The molecule has 8 heteroatoms. The molecule has 0 saturated heterocycles. The second kappa shape index (κ2) is 8.80. The molecule has 138 valence electrons. The maximum absolute atomic E-state index is 12.0. The van der Waals surface area contributed by atoms with Gasteiger partial charge in [0.2, 0.25) is 11.8 Å². The lowest BCUT2D eigenvalue weighted by atomic mass is 10.2. The molecule has 0 fully saturated rings. The van der Waals surface area contributed by atoms with E-state index in [1.165, 1.54) is 11.8 Å². The van der Waals surface area contributed by atoms with E-state index in [0.29, 0.717) is 29.4 Å². The maximum atomic E-state index is 12.0. The molecule has 0 aliphatic carbocycles. The topological polar surface area (TPSA) is 102 Å².